The smallest absolute Gasteiger partial charge is 0.290 e. The number of amides is 1. The van der Waals surface area contributed by atoms with E-state index >= 15 is 0 Å². The van der Waals surface area contributed by atoms with E-state index in [1.54, 1.807) is 6.07 Å². The van der Waals surface area contributed by atoms with Crippen LogP contribution in [0.15, 0.2) is 10.6 Å². The molecule has 0 aromatic carbocycles. The highest BCUT2D eigenvalue weighted by Crippen LogP contribution is 2.18. The maximum Gasteiger partial charge on any atom is 0.290 e. The quantitative estimate of drug-likeness (QED) is 0.695. The van der Waals surface area contributed by atoms with Crippen LogP contribution < -0.4 is 5.32 Å². The normalized spacial score (nSPS) is 13.4. The molecule has 0 spiro atoms. The zero-order valence-electron chi connectivity index (χ0n) is 10.9. The number of hydrogen-bond acceptors (Lipinski definition) is 5. The number of carbonyl (C=O) groups excluding carboxylic acids is 1. The molecular weight excluding hydrogens is 236 g/mol. The molecule has 0 saturated carbocycles. The molecule has 1 atom stereocenters. The Labute approximate surface area is 106 Å². The minimum absolute atomic E-state index is 0.0819. The van der Waals surface area contributed by atoms with Gasteiger partial charge in [-0.2, -0.15) is 0 Å². The Bertz CT molecular complexity index is 399. The van der Waals surface area contributed by atoms with Gasteiger partial charge >= 0.3 is 0 Å². The summed E-state index contributed by atoms with van der Waals surface area (Å²) >= 11 is 0. The second kappa shape index (κ2) is 5.97. The number of rotatable bonds is 6. The molecule has 0 saturated heterocycles. The molecule has 1 aromatic heterocycles. The Kier molecular flexibility index (Phi) is 4.86. The van der Waals surface area contributed by atoms with E-state index in [1.165, 1.54) is 6.92 Å². The van der Waals surface area contributed by atoms with Gasteiger partial charge in [0, 0.05) is 12.0 Å². The van der Waals surface area contributed by atoms with Crippen molar-refractivity contribution in [3.05, 3.63) is 17.5 Å². The number of aromatic nitrogens is 1. The van der Waals surface area contributed by atoms with Crippen LogP contribution >= 0.6 is 0 Å². The van der Waals surface area contributed by atoms with Crippen LogP contribution in [-0.4, -0.2) is 40.0 Å². The predicted octanol–water partition coefficient (Wildman–Crippen LogP) is 0.661. The van der Waals surface area contributed by atoms with Crippen LogP contribution in [0.3, 0.4) is 0 Å². The summed E-state index contributed by atoms with van der Waals surface area (Å²) in [4.78, 5) is 11.8. The molecule has 6 nitrogen and oxygen atoms in total. The van der Waals surface area contributed by atoms with Gasteiger partial charge in [-0.05, 0) is 13.3 Å². The molecule has 1 heterocycles. The van der Waals surface area contributed by atoms with Crippen LogP contribution in [0.25, 0.3) is 0 Å². The molecule has 18 heavy (non-hydrogen) atoms. The van der Waals surface area contributed by atoms with Gasteiger partial charge in [0.15, 0.2) is 0 Å². The molecule has 0 bridgehead atoms. The van der Waals surface area contributed by atoms with E-state index in [0.29, 0.717) is 0 Å². The van der Waals surface area contributed by atoms with Crippen molar-refractivity contribution in [2.75, 3.05) is 13.2 Å². The number of nitrogens with one attached hydrogen (secondary N) is 1. The Balaban J connectivity index is 2.76. The second-order valence-corrected chi connectivity index (χ2v) is 4.76. The predicted molar refractivity (Wildman–Crippen MR) is 65.3 cm³/mol. The molecule has 1 amide bonds. The van der Waals surface area contributed by atoms with Crippen LogP contribution in [0.5, 0.6) is 0 Å². The van der Waals surface area contributed by atoms with Crippen molar-refractivity contribution >= 4 is 5.91 Å². The minimum Gasteiger partial charge on any atom is -0.394 e. The third-order valence-corrected chi connectivity index (χ3v) is 2.98. The lowest BCUT2D eigenvalue weighted by atomic mass is 10.0. The Morgan fingerprint density at radius 3 is 2.67 bits per heavy atom. The lowest BCUT2D eigenvalue weighted by molar-refractivity contribution is 0.0693. The van der Waals surface area contributed by atoms with Gasteiger partial charge in [0.2, 0.25) is 5.76 Å². The van der Waals surface area contributed by atoms with Crippen molar-refractivity contribution in [1.29, 1.82) is 0 Å². The highest BCUT2D eigenvalue weighted by Gasteiger charge is 2.27. The van der Waals surface area contributed by atoms with Crippen molar-refractivity contribution in [2.24, 2.45) is 0 Å². The fourth-order valence-electron chi connectivity index (χ4n) is 1.30. The fourth-order valence-corrected chi connectivity index (χ4v) is 1.30. The summed E-state index contributed by atoms with van der Waals surface area (Å²) in [6.07, 6.45) is 0.901. The first kappa shape index (κ1) is 14.7. The summed E-state index contributed by atoms with van der Waals surface area (Å²) in [6, 6.07) is 1.58. The first-order valence-electron chi connectivity index (χ1n) is 5.96. The number of nitrogens with zero attached hydrogens (tertiary/aromatic N) is 1. The zero-order chi connectivity index (χ0) is 13.8. The summed E-state index contributed by atoms with van der Waals surface area (Å²) in [5.41, 5.74) is -0.349. The van der Waals surface area contributed by atoms with Crippen molar-refractivity contribution < 1.29 is 19.5 Å². The van der Waals surface area contributed by atoms with Gasteiger partial charge in [-0.15, -0.1) is 0 Å². The molecule has 0 unspecified atom stereocenters. The van der Waals surface area contributed by atoms with E-state index < -0.39 is 11.4 Å². The number of aliphatic hydroxyl groups is 2. The molecule has 1 rings (SSSR count). The Morgan fingerprint density at radius 2 is 2.17 bits per heavy atom. The minimum atomic E-state index is -1.07. The van der Waals surface area contributed by atoms with Crippen molar-refractivity contribution in [3.8, 4) is 0 Å². The molecule has 6 heteroatoms. The average Bonchev–Trinajstić information content (AvgIpc) is 2.87. The zero-order valence-corrected chi connectivity index (χ0v) is 10.9. The van der Waals surface area contributed by atoms with Crippen molar-refractivity contribution in [1.82, 2.24) is 10.5 Å². The van der Waals surface area contributed by atoms with Gasteiger partial charge in [-0.25, -0.2) is 0 Å². The number of aliphatic hydroxyl groups excluding tert-OH is 2. The van der Waals surface area contributed by atoms with Crippen molar-refractivity contribution in [2.45, 2.75) is 38.6 Å². The summed E-state index contributed by atoms with van der Waals surface area (Å²) in [5, 5.41) is 24.5. The number of carbonyl (C=O) groups is 1. The third kappa shape index (κ3) is 3.30. The van der Waals surface area contributed by atoms with Crippen LogP contribution in [0.2, 0.25) is 0 Å². The van der Waals surface area contributed by atoms with E-state index in [4.69, 9.17) is 14.7 Å². The van der Waals surface area contributed by atoms with Crippen LogP contribution in [0.4, 0.5) is 0 Å². The lowest BCUT2D eigenvalue weighted by Gasteiger charge is -2.25. The SMILES string of the molecule is CC[C@@H](C)c1cc(C(=O)NC(C)(CO)CO)on1. The molecule has 102 valence electrons. The Morgan fingerprint density at radius 1 is 1.56 bits per heavy atom. The molecule has 0 radical (unpaired) electrons. The topological polar surface area (TPSA) is 95.6 Å². The monoisotopic (exact) mass is 256 g/mol. The molecule has 0 aliphatic heterocycles. The highest BCUT2D eigenvalue weighted by molar-refractivity contribution is 5.92. The third-order valence-electron chi connectivity index (χ3n) is 2.98. The lowest BCUT2D eigenvalue weighted by Crippen LogP contribution is -2.51. The largest absolute Gasteiger partial charge is 0.394 e. The number of hydrogen-bond donors (Lipinski definition) is 3. The summed E-state index contributed by atoms with van der Waals surface area (Å²) in [5.74, 6) is -0.196. The van der Waals surface area contributed by atoms with E-state index in [0.717, 1.165) is 12.1 Å². The Hall–Kier alpha value is -1.40. The van der Waals surface area contributed by atoms with Gasteiger partial charge in [0.25, 0.3) is 5.91 Å². The highest BCUT2D eigenvalue weighted by atomic mass is 16.5. The second-order valence-electron chi connectivity index (χ2n) is 4.76. The van der Waals surface area contributed by atoms with E-state index in [2.05, 4.69) is 10.5 Å². The summed E-state index contributed by atoms with van der Waals surface area (Å²) in [6.45, 7) is 4.83. The standard InChI is InChI=1S/C12H20N2O4/c1-4-8(2)9-5-10(18-14-9)11(17)13-12(3,6-15)7-16/h5,8,15-16H,4,6-7H2,1-3H3,(H,13,17)/t8-/m1/s1. The van der Waals surface area contributed by atoms with Gasteiger partial charge < -0.3 is 20.1 Å². The maximum atomic E-state index is 11.8. The van der Waals surface area contributed by atoms with E-state index in [-0.39, 0.29) is 24.9 Å². The first-order chi connectivity index (χ1) is 8.45. The van der Waals surface area contributed by atoms with Gasteiger partial charge in [0.05, 0.1) is 24.4 Å². The summed E-state index contributed by atoms with van der Waals surface area (Å²) in [7, 11) is 0. The molecule has 0 fully saturated rings. The molecule has 3 N–H and O–H groups in total. The molecule has 1 aromatic rings. The molecule has 0 aliphatic rings. The fraction of sp³-hybridized carbons (Fsp3) is 0.667. The van der Waals surface area contributed by atoms with E-state index in [9.17, 15) is 4.79 Å². The van der Waals surface area contributed by atoms with Crippen molar-refractivity contribution in [3.63, 3.8) is 0 Å². The van der Waals surface area contributed by atoms with Gasteiger partial charge in [0.1, 0.15) is 0 Å². The maximum absolute atomic E-state index is 11.8. The van der Waals surface area contributed by atoms with Gasteiger partial charge in [-0.1, -0.05) is 19.0 Å². The van der Waals surface area contributed by atoms with Crippen LogP contribution in [-0.2, 0) is 0 Å². The first-order valence-corrected chi connectivity index (χ1v) is 5.96. The summed E-state index contributed by atoms with van der Waals surface area (Å²) < 4.78 is 4.96. The van der Waals surface area contributed by atoms with E-state index in [1.807, 2.05) is 13.8 Å². The van der Waals surface area contributed by atoms with Crippen LogP contribution in [0, 0.1) is 0 Å². The molecule has 0 aliphatic carbocycles. The molecular formula is C12H20N2O4. The van der Waals surface area contributed by atoms with Crippen LogP contribution in [0.1, 0.15) is 49.4 Å². The average molecular weight is 256 g/mol. The van der Waals surface area contributed by atoms with Gasteiger partial charge in [-0.3, -0.25) is 4.79 Å².